The summed E-state index contributed by atoms with van der Waals surface area (Å²) in [6.07, 6.45) is 0. The van der Waals surface area contributed by atoms with E-state index in [9.17, 15) is 10.1 Å². The normalized spacial score (nSPS) is 10.6. The lowest BCUT2D eigenvalue weighted by Gasteiger charge is -1.94. The molecule has 2 aromatic rings. The molecule has 1 heterocycles. The molecule has 0 amide bonds. The van der Waals surface area contributed by atoms with E-state index in [2.05, 4.69) is 0 Å². The molecule has 1 aromatic heterocycles. The van der Waals surface area contributed by atoms with Gasteiger partial charge in [-0.1, -0.05) is 11.6 Å². The van der Waals surface area contributed by atoms with E-state index in [0.29, 0.717) is 20.1 Å². The fourth-order valence-corrected chi connectivity index (χ4v) is 2.45. The van der Waals surface area contributed by atoms with Crippen LogP contribution in [0.1, 0.15) is 0 Å². The average molecular weight is 229 g/mol. The predicted octanol–water partition coefficient (Wildman–Crippen LogP) is 3.05. The number of nitrogen functional groups attached to an aromatic ring is 1. The summed E-state index contributed by atoms with van der Waals surface area (Å²) < 4.78 is 0.528. The highest BCUT2D eigenvalue weighted by Gasteiger charge is 2.16. The summed E-state index contributed by atoms with van der Waals surface area (Å²) in [5, 5.41) is 12.3. The van der Waals surface area contributed by atoms with Crippen LogP contribution in [0.15, 0.2) is 18.2 Å². The Kier molecular flexibility index (Phi) is 2.05. The molecule has 6 heteroatoms. The van der Waals surface area contributed by atoms with Gasteiger partial charge in [0.05, 0.1) is 9.92 Å². The Morgan fingerprint density at radius 3 is 2.86 bits per heavy atom. The zero-order chi connectivity index (χ0) is 10.3. The van der Waals surface area contributed by atoms with Gasteiger partial charge in [0.2, 0.25) is 0 Å². The molecular formula is C8H5ClN2O2S. The Morgan fingerprint density at radius 1 is 1.50 bits per heavy atom. The molecule has 0 unspecified atom stereocenters. The largest absolute Gasteiger partial charge is 0.391 e. The summed E-state index contributed by atoms with van der Waals surface area (Å²) in [7, 11) is 0. The maximum absolute atomic E-state index is 10.7. The minimum Gasteiger partial charge on any atom is -0.391 e. The number of hydrogen-bond acceptors (Lipinski definition) is 4. The molecule has 2 N–H and O–H groups in total. The van der Waals surface area contributed by atoms with Crippen LogP contribution in [-0.4, -0.2) is 4.92 Å². The molecule has 0 saturated carbocycles. The van der Waals surface area contributed by atoms with Gasteiger partial charge in [-0.2, -0.15) is 0 Å². The zero-order valence-corrected chi connectivity index (χ0v) is 8.43. The molecule has 2 rings (SSSR count). The minimum atomic E-state index is -0.436. The number of benzene rings is 1. The number of anilines is 1. The number of nitro groups is 1. The zero-order valence-electron chi connectivity index (χ0n) is 6.86. The molecular weight excluding hydrogens is 224 g/mol. The van der Waals surface area contributed by atoms with E-state index in [1.54, 1.807) is 6.07 Å². The number of hydrogen-bond donors (Lipinski definition) is 1. The molecule has 0 fully saturated rings. The summed E-state index contributed by atoms with van der Waals surface area (Å²) in [5.41, 5.74) is 5.61. The van der Waals surface area contributed by atoms with Gasteiger partial charge in [-0.25, -0.2) is 0 Å². The number of rotatable bonds is 1. The summed E-state index contributed by atoms with van der Waals surface area (Å²) >= 11 is 7.05. The third-order valence-electron chi connectivity index (χ3n) is 1.83. The minimum absolute atomic E-state index is 0.0473. The maximum Gasteiger partial charge on any atom is 0.287 e. The standard InChI is InChI=1S/C8H5ClN2O2S/c9-5-1-2-6(11(12)13)8-4(5)3-7(10)14-8/h1-3H,10H2. The highest BCUT2D eigenvalue weighted by atomic mass is 35.5. The van der Waals surface area contributed by atoms with Crippen molar-refractivity contribution in [3.05, 3.63) is 33.3 Å². The van der Waals surface area contributed by atoms with Gasteiger partial charge in [-0.05, 0) is 12.1 Å². The molecule has 0 radical (unpaired) electrons. The molecule has 0 bridgehead atoms. The van der Waals surface area contributed by atoms with Gasteiger partial charge >= 0.3 is 0 Å². The van der Waals surface area contributed by atoms with Crippen molar-refractivity contribution < 1.29 is 4.92 Å². The second-order valence-electron chi connectivity index (χ2n) is 2.72. The molecule has 1 aromatic carbocycles. The van der Waals surface area contributed by atoms with Gasteiger partial charge < -0.3 is 5.73 Å². The van der Waals surface area contributed by atoms with Gasteiger partial charge in [0, 0.05) is 16.5 Å². The summed E-state index contributed by atoms with van der Waals surface area (Å²) in [6, 6.07) is 4.55. The van der Waals surface area contributed by atoms with Crippen molar-refractivity contribution in [2.24, 2.45) is 0 Å². The Morgan fingerprint density at radius 2 is 2.21 bits per heavy atom. The van der Waals surface area contributed by atoms with Gasteiger partial charge in [0.1, 0.15) is 4.70 Å². The second kappa shape index (κ2) is 3.11. The summed E-state index contributed by atoms with van der Waals surface area (Å²) in [5.74, 6) is 0. The van der Waals surface area contributed by atoms with Crippen molar-refractivity contribution in [3.63, 3.8) is 0 Å². The van der Waals surface area contributed by atoms with Gasteiger partial charge in [0.25, 0.3) is 5.69 Å². The van der Waals surface area contributed by atoms with Crippen molar-refractivity contribution in [2.75, 3.05) is 5.73 Å². The Bertz CT molecular complexity index is 523. The van der Waals surface area contributed by atoms with Crippen LogP contribution in [0.4, 0.5) is 10.7 Å². The number of thiophene rings is 1. The smallest absolute Gasteiger partial charge is 0.287 e. The highest BCUT2D eigenvalue weighted by Crippen LogP contribution is 2.38. The van der Waals surface area contributed by atoms with Crippen LogP contribution >= 0.6 is 22.9 Å². The van der Waals surface area contributed by atoms with Gasteiger partial charge in [-0.15, -0.1) is 11.3 Å². The summed E-state index contributed by atoms with van der Waals surface area (Å²) in [6.45, 7) is 0. The first-order valence-corrected chi connectivity index (χ1v) is 4.91. The third kappa shape index (κ3) is 1.30. The van der Waals surface area contributed by atoms with Crippen molar-refractivity contribution >= 4 is 43.7 Å². The molecule has 0 aliphatic heterocycles. The number of fused-ring (bicyclic) bond motifs is 1. The quantitative estimate of drug-likeness (QED) is 0.602. The van der Waals surface area contributed by atoms with Crippen LogP contribution in [0.3, 0.4) is 0 Å². The van der Waals surface area contributed by atoms with Crippen LogP contribution in [0.2, 0.25) is 5.02 Å². The molecule has 72 valence electrons. The lowest BCUT2D eigenvalue weighted by atomic mass is 10.2. The number of non-ortho nitro benzene ring substituents is 1. The van der Waals surface area contributed by atoms with Crippen LogP contribution in [0.5, 0.6) is 0 Å². The molecule has 0 spiro atoms. The molecule has 0 aliphatic carbocycles. The number of nitro benzene ring substituents is 1. The highest BCUT2D eigenvalue weighted by molar-refractivity contribution is 7.23. The van der Waals surface area contributed by atoms with E-state index in [-0.39, 0.29) is 5.69 Å². The van der Waals surface area contributed by atoms with Gasteiger partial charge in [-0.3, -0.25) is 10.1 Å². The monoisotopic (exact) mass is 228 g/mol. The first-order valence-electron chi connectivity index (χ1n) is 3.71. The SMILES string of the molecule is Nc1cc2c(Cl)ccc([N+](=O)[O-])c2s1. The fraction of sp³-hybridized carbons (Fsp3) is 0. The Balaban J connectivity index is 2.87. The van der Waals surface area contributed by atoms with Crippen LogP contribution in [0.25, 0.3) is 10.1 Å². The van der Waals surface area contributed by atoms with E-state index >= 15 is 0 Å². The van der Waals surface area contributed by atoms with Gasteiger partial charge in [0.15, 0.2) is 0 Å². The van der Waals surface area contributed by atoms with E-state index in [1.165, 1.54) is 23.5 Å². The maximum atomic E-state index is 10.7. The fourth-order valence-electron chi connectivity index (χ4n) is 1.24. The Hall–Kier alpha value is -1.33. The third-order valence-corrected chi connectivity index (χ3v) is 3.14. The van der Waals surface area contributed by atoms with E-state index in [4.69, 9.17) is 17.3 Å². The average Bonchev–Trinajstić information content (AvgIpc) is 2.47. The predicted molar refractivity (Wildman–Crippen MR) is 57.9 cm³/mol. The van der Waals surface area contributed by atoms with E-state index in [0.717, 1.165) is 0 Å². The Labute approximate surface area is 88.0 Å². The van der Waals surface area contributed by atoms with Crippen LogP contribution < -0.4 is 5.73 Å². The van der Waals surface area contributed by atoms with E-state index < -0.39 is 4.92 Å². The molecule has 0 aliphatic rings. The van der Waals surface area contributed by atoms with Crippen molar-refractivity contribution in [1.82, 2.24) is 0 Å². The number of halogens is 1. The van der Waals surface area contributed by atoms with Crippen molar-refractivity contribution in [2.45, 2.75) is 0 Å². The molecule has 0 saturated heterocycles. The first-order chi connectivity index (χ1) is 6.59. The second-order valence-corrected chi connectivity index (χ2v) is 4.21. The van der Waals surface area contributed by atoms with E-state index in [1.807, 2.05) is 0 Å². The number of nitrogens with zero attached hydrogens (tertiary/aromatic N) is 1. The first kappa shape index (κ1) is 9.23. The van der Waals surface area contributed by atoms with Crippen LogP contribution in [0, 0.1) is 10.1 Å². The van der Waals surface area contributed by atoms with Crippen LogP contribution in [-0.2, 0) is 0 Å². The molecule has 14 heavy (non-hydrogen) atoms. The lowest BCUT2D eigenvalue weighted by Crippen LogP contribution is -1.87. The van der Waals surface area contributed by atoms with Crippen molar-refractivity contribution in [1.29, 1.82) is 0 Å². The number of nitrogens with two attached hydrogens (primary N) is 1. The van der Waals surface area contributed by atoms with Crippen molar-refractivity contribution in [3.8, 4) is 0 Å². The topological polar surface area (TPSA) is 69.2 Å². The molecule has 0 atom stereocenters. The summed E-state index contributed by atoms with van der Waals surface area (Å²) in [4.78, 5) is 10.2. The molecule has 4 nitrogen and oxygen atoms in total. The lowest BCUT2D eigenvalue weighted by molar-refractivity contribution is -0.382.